The summed E-state index contributed by atoms with van der Waals surface area (Å²) in [6, 6.07) is 6.39. The summed E-state index contributed by atoms with van der Waals surface area (Å²) in [4.78, 5) is 10.9. The van der Waals surface area contributed by atoms with Gasteiger partial charge in [-0.3, -0.25) is 4.79 Å². The molecule has 5 rings (SSSR count). The molecule has 1 aromatic rings. The first kappa shape index (κ1) is 20.8. The van der Waals surface area contributed by atoms with Crippen molar-refractivity contribution in [3.05, 3.63) is 35.6 Å². The number of carboxylic acid groups (broad SMARTS) is 1. The normalized spacial score (nSPS) is 30.3. The summed E-state index contributed by atoms with van der Waals surface area (Å²) >= 11 is 0. The van der Waals surface area contributed by atoms with E-state index in [9.17, 15) is 12.8 Å². The van der Waals surface area contributed by atoms with Crippen LogP contribution in [0.25, 0.3) is 0 Å². The Morgan fingerprint density at radius 1 is 1.14 bits per heavy atom. The Labute approximate surface area is 171 Å². The Morgan fingerprint density at radius 3 is 2.45 bits per heavy atom. The molecule has 0 amide bonds. The third-order valence-corrected chi connectivity index (χ3v) is 9.25. The molecule has 29 heavy (non-hydrogen) atoms. The third kappa shape index (κ3) is 4.20. The predicted molar refractivity (Wildman–Crippen MR) is 107 cm³/mol. The number of benzene rings is 1. The van der Waals surface area contributed by atoms with E-state index in [1.54, 1.807) is 10.4 Å². The molecule has 1 aromatic carbocycles. The topological polar surface area (TPSA) is 77.9 Å². The molecule has 1 N–H and O–H groups in total. The van der Waals surface area contributed by atoms with Crippen LogP contribution in [0.1, 0.15) is 43.7 Å². The van der Waals surface area contributed by atoms with Gasteiger partial charge >= 0.3 is 0 Å². The molecule has 2 saturated heterocycles. The van der Waals surface area contributed by atoms with Crippen LogP contribution in [-0.2, 0) is 14.8 Å². The molecule has 0 spiro atoms. The SMILES string of the molecule is O=CO.O=S(=O)(C1CC1)N1C[C@@H]2CN(CC3CCC3)C[C@@H]2[C@H]1c1cccc(F)c1. The van der Waals surface area contributed by atoms with E-state index in [0.717, 1.165) is 44.0 Å². The number of sulfonamides is 1. The van der Waals surface area contributed by atoms with E-state index >= 15 is 0 Å². The number of hydrogen-bond acceptors (Lipinski definition) is 4. The van der Waals surface area contributed by atoms with Crippen LogP contribution in [-0.4, -0.2) is 60.6 Å². The molecule has 2 heterocycles. The second-order valence-corrected chi connectivity index (χ2v) is 11.0. The van der Waals surface area contributed by atoms with E-state index < -0.39 is 10.0 Å². The standard InChI is InChI=1S/C20H27FN2O2S.CH2O2/c21-17-6-2-5-15(9-17)20-19-13-22(10-14-3-1-4-14)11-16(19)12-23(20)26(24,25)18-7-8-18;2-1-3/h2,5-6,9,14,16,18-20H,1,3-4,7-8,10-13H2;1H,(H,2,3)/t16-,19-,20+;/m0./s1. The maximum atomic E-state index is 13.9. The zero-order chi connectivity index (χ0) is 20.6. The Hall–Kier alpha value is -1.51. The van der Waals surface area contributed by atoms with Gasteiger partial charge in [0.05, 0.1) is 11.3 Å². The van der Waals surface area contributed by atoms with E-state index in [1.807, 2.05) is 6.07 Å². The van der Waals surface area contributed by atoms with Gasteiger partial charge in [0.15, 0.2) is 0 Å². The van der Waals surface area contributed by atoms with Crippen molar-refractivity contribution < 1.29 is 22.7 Å². The fourth-order valence-corrected chi connectivity index (χ4v) is 7.32. The molecule has 2 aliphatic carbocycles. The summed E-state index contributed by atoms with van der Waals surface area (Å²) in [7, 11) is -3.26. The van der Waals surface area contributed by atoms with Crippen LogP contribution in [0.4, 0.5) is 4.39 Å². The summed E-state index contributed by atoms with van der Waals surface area (Å²) in [6.45, 7) is 3.44. The zero-order valence-corrected chi connectivity index (χ0v) is 17.3. The van der Waals surface area contributed by atoms with Crippen molar-refractivity contribution in [2.75, 3.05) is 26.2 Å². The van der Waals surface area contributed by atoms with Crippen LogP contribution in [0.3, 0.4) is 0 Å². The van der Waals surface area contributed by atoms with Gasteiger partial charge in [-0.2, -0.15) is 4.31 Å². The fourth-order valence-electron chi connectivity index (χ4n) is 5.21. The lowest BCUT2D eigenvalue weighted by Crippen LogP contribution is -2.39. The Kier molecular flexibility index (Phi) is 5.95. The number of nitrogens with zero attached hydrogens (tertiary/aromatic N) is 2. The van der Waals surface area contributed by atoms with E-state index in [4.69, 9.17) is 9.90 Å². The fraction of sp³-hybridized carbons (Fsp3) is 0.667. The van der Waals surface area contributed by atoms with Gasteiger partial charge in [0.2, 0.25) is 10.0 Å². The molecule has 4 fully saturated rings. The van der Waals surface area contributed by atoms with Crippen LogP contribution < -0.4 is 0 Å². The van der Waals surface area contributed by atoms with Crippen molar-refractivity contribution in [1.29, 1.82) is 0 Å². The smallest absolute Gasteiger partial charge is 0.290 e. The van der Waals surface area contributed by atoms with Gasteiger partial charge in [-0.15, -0.1) is 0 Å². The second-order valence-electron chi connectivity index (χ2n) is 8.86. The second kappa shape index (κ2) is 8.32. The first-order valence-electron chi connectivity index (χ1n) is 10.5. The van der Waals surface area contributed by atoms with Crippen molar-refractivity contribution >= 4 is 16.5 Å². The van der Waals surface area contributed by atoms with Crippen LogP contribution >= 0.6 is 0 Å². The molecule has 6 nitrogen and oxygen atoms in total. The maximum Gasteiger partial charge on any atom is 0.290 e. The summed E-state index contributed by atoms with van der Waals surface area (Å²) in [6.07, 6.45) is 5.57. The minimum absolute atomic E-state index is 0.201. The Balaban J connectivity index is 0.000000645. The predicted octanol–water partition coefficient (Wildman–Crippen LogP) is 2.72. The average molecular weight is 425 g/mol. The van der Waals surface area contributed by atoms with Crippen molar-refractivity contribution in [2.45, 2.75) is 43.4 Å². The zero-order valence-electron chi connectivity index (χ0n) is 16.5. The van der Waals surface area contributed by atoms with Gasteiger partial charge in [0.1, 0.15) is 5.82 Å². The van der Waals surface area contributed by atoms with Gasteiger partial charge in [0, 0.05) is 26.2 Å². The first-order chi connectivity index (χ1) is 13.9. The van der Waals surface area contributed by atoms with Crippen LogP contribution in [0.2, 0.25) is 0 Å². The molecule has 3 atom stereocenters. The summed E-state index contributed by atoms with van der Waals surface area (Å²) < 4.78 is 41.7. The maximum absolute atomic E-state index is 13.9. The lowest BCUT2D eigenvalue weighted by molar-refractivity contribution is -0.122. The van der Waals surface area contributed by atoms with Gasteiger partial charge in [-0.25, -0.2) is 12.8 Å². The molecule has 2 saturated carbocycles. The van der Waals surface area contributed by atoms with Crippen LogP contribution in [0.15, 0.2) is 24.3 Å². The molecule has 4 aliphatic rings. The van der Waals surface area contributed by atoms with Crippen LogP contribution in [0.5, 0.6) is 0 Å². The highest BCUT2D eigenvalue weighted by molar-refractivity contribution is 7.90. The molecule has 0 unspecified atom stereocenters. The van der Waals surface area contributed by atoms with Crippen molar-refractivity contribution in [3.63, 3.8) is 0 Å². The lowest BCUT2D eigenvalue weighted by Gasteiger charge is -2.32. The molecule has 0 radical (unpaired) electrons. The number of hydrogen-bond donors (Lipinski definition) is 1. The Bertz CT molecular complexity index is 841. The molecule has 2 aliphatic heterocycles. The van der Waals surface area contributed by atoms with E-state index in [1.165, 1.54) is 31.4 Å². The lowest BCUT2D eigenvalue weighted by atomic mass is 9.85. The quantitative estimate of drug-likeness (QED) is 0.736. The molecule has 0 bridgehead atoms. The van der Waals surface area contributed by atoms with Crippen molar-refractivity contribution in [3.8, 4) is 0 Å². The third-order valence-electron chi connectivity index (χ3n) is 6.90. The first-order valence-corrected chi connectivity index (χ1v) is 12.0. The van der Waals surface area contributed by atoms with Gasteiger partial charge in [0.25, 0.3) is 6.47 Å². The van der Waals surface area contributed by atoms with E-state index in [0.29, 0.717) is 12.5 Å². The monoisotopic (exact) mass is 424 g/mol. The molecular weight excluding hydrogens is 395 g/mol. The van der Waals surface area contributed by atoms with Crippen molar-refractivity contribution in [1.82, 2.24) is 9.21 Å². The molecule has 8 heteroatoms. The van der Waals surface area contributed by atoms with E-state index in [2.05, 4.69) is 4.90 Å². The minimum Gasteiger partial charge on any atom is -0.483 e. The van der Waals surface area contributed by atoms with Gasteiger partial charge in [-0.05, 0) is 61.1 Å². The molecular formula is C21H29FN2O4S. The number of fused-ring (bicyclic) bond motifs is 1. The number of halogens is 1. The number of likely N-dealkylation sites (tertiary alicyclic amines) is 1. The summed E-state index contributed by atoms with van der Waals surface area (Å²) in [5, 5.41) is 6.68. The van der Waals surface area contributed by atoms with Crippen LogP contribution in [0, 0.1) is 23.6 Å². The largest absolute Gasteiger partial charge is 0.483 e. The summed E-state index contributed by atoms with van der Waals surface area (Å²) in [5.41, 5.74) is 0.826. The van der Waals surface area contributed by atoms with Gasteiger partial charge < -0.3 is 10.0 Å². The average Bonchev–Trinajstić information content (AvgIpc) is 3.33. The summed E-state index contributed by atoms with van der Waals surface area (Å²) in [5.74, 6) is 1.20. The number of carbonyl (C=O) groups is 1. The molecule has 0 aromatic heterocycles. The van der Waals surface area contributed by atoms with Crippen molar-refractivity contribution in [2.24, 2.45) is 17.8 Å². The van der Waals surface area contributed by atoms with E-state index in [-0.39, 0.29) is 29.5 Å². The highest BCUT2D eigenvalue weighted by Crippen LogP contribution is 2.49. The van der Waals surface area contributed by atoms with Gasteiger partial charge in [-0.1, -0.05) is 18.6 Å². The molecule has 160 valence electrons. The number of rotatable bonds is 5. The minimum atomic E-state index is -3.26. The Morgan fingerprint density at radius 2 is 1.86 bits per heavy atom. The highest BCUT2D eigenvalue weighted by atomic mass is 32.2. The highest BCUT2D eigenvalue weighted by Gasteiger charge is 2.54.